The van der Waals surface area contributed by atoms with Gasteiger partial charge in [0.15, 0.2) is 0 Å². The van der Waals surface area contributed by atoms with Crippen molar-refractivity contribution in [3.05, 3.63) is 34.6 Å². The van der Waals surface area contributed by atoms with Gasteiger partial charge in [-0.3, -0.25) is 4.79 Å². The molecule has 0 aliphatic carbocycles. The molecule has 5 N–H and O–H groups in total. The van der Waals surface area contributed by atoms with Gasteiger partial charge in [0.05, 0.1) is 11.2 Å². The lowest BCUT2D eigenvalue weighted by Crippen LogP contribution is -2.21. The number of aliphatic carboxylic acids is 1. The number of nitrogens with two attached hydrogens (primary N) is 2. The van der Waals surface area contributed by atoms with Crippen molar-refractivity contribution in [2.75, 3.05) is 0 Å². The van der Waals surface area contributed by atoms with Crippen LogP contribution in [0.5, 0.6) is 0 Å². The monoisotopic (exact) mass is 274 g/mol. The van der Waals surface area contributed by atoms with E-state index in [2.05, 4.69) is 10.2 Å². The van der Waals surface area contributed by atoms with Gasteiger partial charge in [-0.2, -0.15) is 5.10 Å². The van der Waals surface area contributed by atoms with Gasteiger partial charge in [-0.15, -0.1) is 5.10 Å². The third kappa shape index (κ3) is 8.05. The number of hydrogen-bond donors (Lipinski definition) is 3. The number of nitrogens with zero attached hydrogens (tertiary/aromatic N) is 2. The molecule has 0 saturated heterocycles. The second kappa shape index (κ2) is 8.02. The molecule has 0 fully saturated rings. The zero-order valence-electron chi connectivity index (χ0n) is 9.47. The third-order valence-electron chi connectivity index (χ3n) is 1.33. The maximum absolute atomic E-state index is 12.6. The fourth-order valence-corrected chi connectivity index (χ4v) is 0.980. The number of carboxylic acids is 1. The van der Waals surface area contributed by atoms with E-state index >= 15 is 0 Å². The molecule has 0 spiro atoms. The van der Waals surface area contributed by atoms with Crippen LogP contribution in [-0.2, 0) is 4.79 Å². The summed E-state index contributed by atoms with van der Waals surface area (Å²) in [6, 6.07) is 3.92. The fourth-order valence-electron chi connectivity index (χ4n) is 0.764. The summed E-state index contributed by atoms with van der Waals surface area (Å²) in [5.41, 5.74) is 10.6. The summed E-state index contributed by atoms with van der Waals surface area (Å²) >= 11 is 5.70. The molecule has 98 valence electrons. The lowest BCUT2D eigenvalue weighted by Gasteiger charge is -1.95. The van der Waals surface area contributed by atoms with Crippen molar-refractivity contribution in [3.63, 3.8) is 0 Å². The number of rotatable bonds is 2. The molecule has 0 saturated carbocycles. The zero-order chi connectivity index (χ0) is 14.1. The second-order valence-electron chi connectivity index (χ2n) is 2.95. The SMILES string of the molecule is CC(=O)O.NC(N)=NN=Cc1ccc(F)cc1Cl. The molecule has 0 aromatic heterocycles. The summed E-state index contributed by atoms with van der Waals surface area (Å²) in [6.45, 7) is 1.08. The Balaban J connectivity index is 0.000000631. The Hall–Kier alpha value is -2.15. The number of benzene rings is 1. The maximum Gasteiger partial charge on any atom is 0.300 e. The first-order valence-electron chi connectivity index (χ1n) is 4.59. The van der Waals surface area contributed by atoms with E-state index in [-0.39, 0.29) is 11.0 Å². The standard InChI is InChI=1S/C8H8ClFN4.C2H4O2/c9-7-3-6(10)2-1-5(7)4-13-14-8(11)12;1-2(3)4/h1-4H,(H4,11,12,14);1H3,(H,3,4). The molecular weight excluding hydrogens is 263 g/mol. The first kappa shape index (κ1) is 15.9. The number of halogens is 2. The smallest absolute Gasteiger partial charge is 0.300 e. The molecule has 0 amide bonds. The molecule has 0 bridgehead atoms. The van der Waals surface area contributed by atoms with Crippen LogP contribution in [0, 0.1) is 5.82 Å². The largest absolute Gasteiger partial charge is 0.481 e. The highest BCUT2D eigenvalue weighted by Crippen LogP contribution is 2.15. The Morgan fingerprint density at radius 3 is 2.50 bits per heavy atom. The first-order chi connectivity index (χ1) is 8.32. The molecule has 0 aliphatic rings. The summed E-state index contributed by atoms with van der Waals surface area (Å²) < 4.78 is 12.6. The minimum absolute atomic E-state index is 0.153. The van der Waals surface area contributed by atoms with Gasteiger partial charge in [0.1, 0.15) is 5.82 Å². The predicted octanol–water partition coefficient (Wildman–Crippen LogP) is 1.18. The molecule has 1 aromatic rings. The predicted molar refractivity (Wildman–Crippen MR) is 68.1 cm³/mol. The van der Waals surface area contributed by atoms with Gasteiger partial charge in [0, 0.05) is 12.5 Å². The average molecular weight is 275 g/mol. The molecule has 8 heteroatoms. The van der Waals surface area contributed by atoms with Crippen molar-refractivity contribution >= 4 is 29.7 Å². The van der Waals surface area contributed by atoms with E-state index in [9.17, 15) is 4.39 Å². The normalized spacial score (nSPS) is 9.50. The van der Waals surface area contributed by atoms with Gasteiger partial charge in [-0.25, -0.2) is 4.39 Å². The summed E-state index contributed by atoms with van der Waals surface area (Å²) in [6.07, 6.45) is 1.33. The van der Waals surface area contributed by atoms with Crippen LogP contribution in [0.15, 0.2) is 28.4 Å². The van der Waals surface area contributed by atoms with Crippen LogP contribution in [0.4, 0.5) is 4.39 Å². The van der Waals surface area contributed by atoms with Crippen LogP contribution < -0.4 is 11.5 Å². The van der Waals surface area contributed by atoms with Crippen LogP contribution in [0.1, 0.15) is 12.5 Å². The van der Waals surface area contributed by atoms with Crippen molar-refractivity contribution in [2.45, 2.75) is 6.92 Å². The Bertz CT molecular complexity index is 469. The molecule has 0 unspecified atom stereocenters. The van der Waals surface area contributed by atoms with Crippen LogP contribution in [-0.4, -0.2) is 23.2 Å². The van der Waals surface area contributed by atoms with Crippen LogP contribution in [0.3, 0.4) is 0 Å². The molecule has 18 heavy (non-hydrogen) atoms. The first-order valence-corrected chi connectivity index (χ1v) is 4.97. The van der Waals surface area contributed by atoms with E-state index in [4.69, 9.17) is 33.0 Å². The molecule has 0 aliphatic heterocycles. The lowest BCUT2D eigenvalue weighted by atomic mass is 10.2. The van der Waals surface area contributed by atoms with Crippen molar-refractivity contribution in [1.82, 2.24) is 0 Å². The Morgan fingerprint density at radius 2 is 2.06 bits per heavy atom. The molecule has 6 nitrogen and oxygen atoms in total. The van der Waals surface area contributed by atoms with E-state index in [1.165, 1.54) is 24.4 Å². The van der Waals surface area contributed by atoms with E-state index in [0.717, 1.165) is 6.92 Å². The maximum atomic E-state index is 12.6. The number of carboxylic acid groups (broad SMARTS) is 1. The van der Waals surface area contributed by atoms with Crippen molar-refractivity contribution < 1.29 is 14.3 Å². The van der Waals surface area contributed by atoms with Crippen LogP contribution in [0.25, 0.3) is 0 Å². The fraction of sp³-hybridized carbons (Fsp3) is 0.100. The highest BCUT2D eigenvalue weighted by atomic mass is 35.5. The highest BCUT2D eigenvalue weighted by Gasteiger charge is 1.98. The van der Waals surface area contributed by atoms with Gasteiger partial charge in [-0.1, -0.05) is 11.6 Å². The molecular formula is C10H12ClFN4O2. The van der Waals surface area contributed by atoms with E-state index < -0.39 is 11.8 Å². The lowest BCUT2D eigenvalue weighted by molar-refractivity contribution is -0.134. The molecule has 1 rings (SSSR count). The Labute approximate surface area is 108 Å². The van der Waals surface area contributed by atoms with E-state index in [0.29, 0.717) is 5.56 Å². The molecule has 1 aromatic carbocycles. The number of carbonyl (C=O) groups is 1. The van der Waals surface area contributed by atoms with Crippen LogP contribution >= 0.6 is 11.6 Å². The number of guanidine groups is 1. The van der Waals surface area contributed by atoms with E-state index in [1.54, 1.807) is 0 Å². The second-order valence-corrected chi connectivity index (χ2v) is 3.36. The zero-order valence-corrected chi connectivity index (χ0v) is 10.2. The summed E-state index contributed by atoms with van der Waals surface area (Å²) in [4.78, 5) is 9.00. The van der Waals surface area contributed by atoms with Gasteiger partial charge < -0.3 is 16.6 Å². The van der Waals surface area contributed by atoms with Crippen molar-refractivity contribution in [2.24, 2.45) is 21.7 Å². The third-order valence-corrected chi connectivity index (χ3v) is 1.66. The molecule has 0 atom stereocenters. The summed E-state index contributed by atoms with van der Waals surface area (Å²) in [7, 11) is 0. The van der Waals surface area contributed by atoms with Crippen molar-refractivity contribution in [3.8, 4) is 0 Å². The van der Waals surface area contributed by atoms with Crippen molar-refractivity contribution in [1.29, 1.82) is 0 Å². The summed E-state index contributed by atoms with van der Waals surface area (Å²) in [5.74, 6) is -1.39. The minimum atomic E-state index is -0.833. The Kier molecular flexibility index (Phi) is 7.06. The van der Waals surface area contributed by atoms with Gasteiger partial charge in [0.25, 0.3) is 5.97 Å². The quantitative estimate of drug-likeness (QED) is 0.427. The average Bonchev–Trinajstić information content (AvgIpc) is 2.20. The van der Waals surface area contributed by atoms with Gasteiger partial charge in [-0.05, 0) is 18.2 Å². The topological polar surface area (TPSA) is 114 Å². The Morgan fingerprint density at radius 1 is 1.50 bits per heavy atom. The molecule has 0 radical (unpaired) electrons. The highest BCUT2D eigenvalue weighted by molar-refractivity contribution is 6.33. The summed E-state index contributed by atoms with van der Waals surface area (Å²) in [5, 5.41) is 14.6. The van der Waals surface area contributed by atoms with Gasteiger partial charge in [0.2, 0.25) is 5.96 Å². The van der Waals surface area contributed by atoms with Crippen LogP contribution in [0.2, 0.25) is 5.02 Å². The van der Waals surface area contributed by atoms with Gasteiger partial charge >= 0.3 is 0 Å². The number of hydrogen-bond acceptors (Lipinski definition) is 3. The minimum Gasteiger partial charge on any atom is -0.481 e. The molecule has 0 heterocycles. The van der Waals surface area contributed by atoms with E-state index in [1.807, 2.05) is 0 Å².